The van der Waals surface area contributed by atoms with Crippen molar-refractivity contribution in [1.29, 1.82) is 0 Å². The van der Waals surface area contributed by atoms with Gasteiger partial charge in [-0.2, -0.15) is 0 Å². The Labute approximate surface area is 90.5 Å². The van der Waals surface area contributed by atoms with Gasteiger partial charge in [0.05, 0.1) is 0 Å². The third kappa shape index (κ3) is 4.48. The van der Waals surface area contributed by atoms with Gasteiger partial charge in [-0.05, 0) is 31.1 Å². The van der Waals surface area contributed by atoms with E-state index in [9.17, 15) is 0 Å². The standard InChI is InChI=1S/C14H27/c1-3-13(2)14-11-9-7-5-4-6-8-10-12-14/h14H,3-12H2,1-2H3. The number of rotatable bonds is 2. The maximum absolute atomic E-state index is 2.37. The van der Waals surface area contributed by atoms with Crippen molar-refractivity contribution >= 4 is 0 Å². The molecule has 1 rings (SSSR count). The average molecular weight is 195 g/mol. The summed E-state index contributed by atoms with van der Waals surface area (Å²) in [6, 6.07) is 0. The Morgan fingerprint density at radius 3 is 1.71 bits per heavy atom. The van der Waals surface area contributed by atoms with E-state index in [2.05, 4.69) is 13.8 Å². The quantitative estimate of drug-likeness (QED) is 0.573. The first-order chi connectivity index (χ1) is 6.84. The highest BCUT2D eigenvalue weighted by atomic mass is 14.2. The Bertz CT molecular complexity index is 118. The lowest BCUT2D eigenvalue weighted by Gasteiger charge is -2.23. The van der Waals surface area contributed by atoms with Crippen molar-refractivity contribution in [3.05, 3.63) is 5.92 Å². The van der Waals surface area contributed by atoms with Crippen LogP contribution in [0.4, 0.5) is 0 Å². The summed E-state index contributed by atoms with van der Waals surface area (Å²) in [7, 11) is 0. The van der Waals surface area contributed by atoms with Crippen LogP contribution in [0.25, 0.3) is 0 Å². The maximum atomic E-state index is 2.37. The Kier molecular flexibility index (Phi) is 6.31. The second kappa shape index (κ2) is 7.31. The Morgan fingerprint density at radius 1 is 0.857 bits per heavy atom. The Hall–Kier alpha value is 0. The molecule has 0 aromatic carbocycles. The molecule has 0 amide bonds. The normalized spacial score (nSPS) is 22.5. The van der Waals surface area contributed by atoms with Crippen molar-refractivity contribution in [2.24, 2.45) is 5.92 Å². The lowest BCUT2D eigenvalue weighted by Crippen LogP contribution is -2.10. The van der Waals surface area contributed by atoms with Gasteiger partial charge < -0.3 is 0 Å². The van der Waals surface area contributed by atoms with Gasteiger partial charge in [-0.1, -0.05) is 58.8 Å². The van der Waals surface area contributed by atoms with Gasteiger partial charge in [0.1, 0.15) is 0 Å². The highest BCUT2D eigenvalue weighted by Gasteiger charge is 2.15. The fourth-order valence-electron chi connectivity index (χ4n) is 2.59. The molecule has 1 radical (unpaired) electrons. The number of hydrogen-bond donors (Lipinski definition) is 0. The highest BCUT2D eigenvalue weighted by Crippen LogP contribution is 2.29. The molecule has 0 bridgehead atoms. The van der Waals surface area contributed by atoms with E-state index < -0.39 is 0 Å². The Balaban J connectivity index is 2.30. The fraction of sp³-hybridized carbons (Fsp3) is 0.929. The van der Waals surface area contributed by atoms with Crippen molar-refractivity contribution in [1.82, 2.24) is 0 Å². The largest absolute Gasteiger partial charge is 0.0648 e. The molecule has 0 saturated heterocycles. The van der Waals surface area contributed by atoms with Crippen molar-refractivity contribution < 1.29 is 0 Å². The summed E-state index contributed by atoms with van der Waals surface area (Å²) in [5, 5.41) is 0. The van der Waals surface area contributed by atoms with E-state index in [-0.39, 0.29) is 0 Å². The lowest BCUT2D eigenvalue weighted by molar-refractivity contribution is 0.391. The third-order valence-electron chi connectivity index (χ3n) is 3.86. The van der Waals surface area contributed by atoms with Crippen LogP contribution in [0.2, 0.25) is 0 Å². The van der Waals surface area contributed by atoms with Gasteiger partial charge in [-0.15, -0.1) is 0 Å². The lowest BCUT2D eigenvalue weighted by atomic mass is 9.82. The van der Waals surface area contributed by atoms with E-state index in [1.807, 2.05) is 0 Å². The molecule has 1 aliphatic rings. The number of hydrogen-bond acceptors (Lipinski definition) is 0. The summed E-state index contributed by atoms with van der Waals surface area (Å²) in [6.07, 6.45) is 14.6. The summed E-state index contributed by atoms with van der Waals surface area (Å²) >= 11 is 0. The van der Waals surface area contributed by atoms with Crippen LogP contribution in [0.3, 0.4) is 0 Å². The van der Waals surface area contributed by atoms with Gasteiger partial charge in [-0.25, -0.2) is 0 Å². The monoisotopic (exact) mass is 195 g/mol. The smallest absolute Gasteiger partial charge is 0.0244 e. The zero-order valence-electron chi connectivity index (χ0n) is 10.1. The summed E-state index contributed by atoms with van der Waals surface area (Å²) in [4.78, 5) is 0. The van der Waals surface area contributed by atoms with Crippen molar-refractivity contribution in [2.45, 2.75) is 78.1 Å². The second-order valence-corrected chi connectivity index (χ2v) is 4.95. The van der Waals surface area contributed by atoms with Crippen molar-refractivity contribution in [3.63, 3.8) is 0 Å². The van der Waals surface area contributed by atoms with Crippen molar-refractivity contribution in [2.75, 3.05) is 0 Å². The zero-order chi connectivity index (χ0) is 10.2. The van der Waals surface area contributed by atoms with E-state index in [1.54, 1.807) is 5.92 Å². The zero-order valence-corrected chi connectivity index (χ0v) is 10.1. The Morgan fingerprint density at radius 2 is 1.29 bits per heavy atom. The van der Waals surface area contributed by atoms with E-state index in [0.29, 0.717) is 0 Å². The molecule has 0 heteroatoms. The van der Waals surface area contributed by atoms with Gasteiger partial charge in [0, 0.05) is 0 Å². The first-order valence-electron chi connectivity index (χ1n) is 6.67. The maximum Gasteiger partial charge on any atom is -0.0244 e. The SMILES string of the molecule is CC[C](C)C1CCCCCCCCC1. The summed E-state index contributed by atoms with van der Waals surface area (Å²) < 4.78 is 0. The molecule has 14 heavy (non-hydrogen) atoms. The summed E-state index contributed by atoms with van der Waals surface area (Å²) in [5.74, 6) is 2.71. The molecule has 0 unspecified atom stereocenters. The van der Waals surface area contributed by atoms with Crippen LogP contribution in [-0.4, -0.2) is 0 Å². The van der Waals surface area contributed by atoms with E-state index >= 15 is 0 Å². The van der Waals surface area contributed by atoms with E-state index in [1.165, 1.54) is 64.2 Å². The molecule has 0 atom stereocenters. The highest BCUT2D eigenvalue weighted by molar-refractivity contribution is 4.90. The van der Waals surface area contributed by atoms with Crippen LogP contribution >= 0.6 is 0 Å². The van der Waals surface area contributed by atoms with E-state index in [0.717, 1.165) is 5.92 Å². The van der Waals surface area contributed by atoms with Gasteiger partial charge in [0.15, 0.2) is 0 Å². The minimum absolute atomic E-state index is 0.957. The van der Waals surface area contributed by atoms with Gasteiger partial charge >= 0.3 is 0 Å². The summed E-state index contributed by atoms with van der Waals surface area (Å²) in [6.45, 7) is 4.69. The predicted octanol–water partition coefficient (Wildman–Crippen LogP) is 5.13. The van der Waals surface area contributed by atoms with Crippen LogP contribution in [0.1, 0.15) is 78.1 Å². The van der Waals surface area contributed by atoms with Crippen LogP contribution < -0.4 is 0 Å². The topological polar surface area (TPSA) is 0 Å². The third-order valence-corrected chi connectivity index (χ3v) is 3.86. The molecule has 0 aromatic rings. The molecule has 1 aliphatic carbocycles. The molecule has 0 heterocycles. The van der Waals surface area contributed by atoms with Crippen LogP contribution in [0.5, 0.6) is 0 Å². The van der Waals surface area contributed by atoms with Crippen molar-refractivity contribution in [3.8, 4) is 0 Å². The molecule has 0 N–H and O–H groups in total. The van der Waals surface area contributed by atoms with Crippen LogP contribution in [0.15, 0.2) is 0 Å². The molecule has 0 aromatic heterocycles. The van der Waals surface area contributed by atoms with E-state index in [4.69, 9.17) is 0 Å². The molecule has 1 fully saturated rings. The molecule has 0 aliphatic heterocycles. The molecular formula is C14H27. The van der Waals surface area contributed by atoms with Gasteiger partial charge in [-0.3, -0.25) is 0 Å². The molecule has 0 nitrogen and oxygen atoms in total. The molecule has 1 saturated carbocycles. The van der Waals surface area contributed by atoms with Gasteiger partial charge in [0.25, 0.3) is 0 Å². The molecule has 0 spiro atoms. The first kappa shape index (κ1) is 12.1. The van der Waals surface area contributed by atoms with Gasteiger partial charge in [0.2, 0.25) is 0 Å². The van der Waals surface area contributed by atoms with Crippen LogP contribution in [-0.2, 0) is 0 Å². The fourth-order valence-corrected chi connectivity index (χ4v) is 2.59. The molecule has 83 valence electrons. The average Bonchev–Trinajstić information content (AvgIpc) is 2.24. The minimum Gasteiger partial charge on any atom is -0.0648 e. The first-order valence-corrected chi connectivity index (χ1v) is 6.67. The minimum atomic E-state index is 0.957. The van der Waals surface area contributed by atoms with Crippen LogP contribution in [0, 0.1) is 11.8 Å². The summed E-state index contributed by atoms with van der Waals surface area (Å²) in [5.41, 5.74) is 0. The second-order valence-electron chi connectivity index (χ2n) is 4.95. The predicted molar refractivity (Wildman–Crippen MR) is 64.3 cm³/mol. The molecular weight excluding hydrogens is 168 g/mol.